The van der Waals surface area contributed by atoms with Crippen LogP contribution < -0.4 is 0 Å². The zero-order valence-electron chi connectivity index (χ0n) is 13.8. The molecule has 0 saturated carbocycles. The van der Waals surface area contributed by atoms with Crippen LogP contribution in [-0.4, -0.2) is 18.9 Å². The molecule has 24 heavy (non-hydrogen) atoms. The van der Waals surface area contributed by atoms with E-state index in [-0.39, 0.29) is 11.6 Å². The number of hydrogen-bond acceptors (Lipinski definition) is 3. The summed E-state index contributed by atoms with van der Waals surface area (Å²) < 4.78 is 19.0. The molecule has 0 aliphatic heterocycles. The summed E-state index contributed by atoms with van der Waals surface area (Å²) in [7, 11) is 1.33. The Hall–Kier alpha value is -2.49. The molecule has 1 unspecified atom stereocenters. The summed E-state index contributed by atoms with van der Waals surface area (Å²) >= 11 is 0. The summed E-state index contributed by atoms with van der Waals surface area (Å²) in [5.74, 6) is -1.31. The number of carbonyl (C=O) groups is 2. The van der Waals surface area contributed by atoms with Crippen LogP contribution in [0, 0.1) is 12.7 Å². The van der Waals surface area contributed by atoms with Gasteiger partial charge in [-0.1, -0.05) is 18.2 Å². The van der Waals surface area contributed by atoms with Crippen LogP contribution in [0.4, 0.5) is 4.39 Å². The minimum atomic E-state index is -0.476. The average Bonchev–Trinajstić information content (AvgIpc) is 2.73. The summed E-state index contributed by atoms with van der Waals surface area (Å²) in [6.45, 7) is 1.82. The number of hydrogen-bond donors (Lipinski definition) is 0. The number of rotatable bonds is 2. The van der Waals surface area contributed by atoms with Crippen LogP contribution in [-0.2, 0) is 11.2 Å². The van der Waals surface area contributed by atoms with Gasteiger partial charge in [-0.3, -0.25) is 4.79 Å². The Kier molecular flexibility index (Phi) is 4.47. The second-order valence-corrected chi connectivity index (χ2v) is 6.20. The lowest BCUT2D eigenvalue weighted by molar-refractivity contribution is 0.0600. The number of fused-ring (bicyclic) bond motifs is 1. The smallest absolute Gasteiger partial charge is 0.337 e. The second-order valence-electron chi connectivity index (χ2n) is 6.20. The number of benzene rings is 2. The predicted octanol–water partition coefficient (Wildman–Crippen LogP) is 4.22. The molecule has 2 aromatic rings. The molecule has 0 amide bonds. The van der Waals surface area contributed by atoms with Crippen molar-refractivity contribution in [1.82, 2.24) is 0 Å². The van der Waals surface area contributed by atoms with E-state index in [1.165, 1.54) is 13.2 Å². The van der Waals surface area contributed by atoms with Gasteiger partial charge in [0, 0.05) is 5.56 Å². The second kappa shape index (κ2) is 6.56. The Bertz CT molecular complexity index is 811. The van der Waals surface area contributed by atoms with Crippen LogP contribution in [0.15, 0.2) is 36.4 Å². The molecule has 1 aliphatic carbocycles. The Balaban J connectivity index is 2.00. The molecule has 4 heteroatoms. The molecular formula is C20H19FO3. The van der Waals surface area contributed by atoms with E-state index >= 15 is 0 Å². The number of halogens is 1. The fraction of sp³-hybridized carbons (Fsp3) is 0.300. The lowest BCUT2D eigenvalue weighted by atomic mass is 9.87. The van der Waals surface area contributed by atoms with Gasteiger partial charge in [-0.2, -0.15) is 0 Å². The average molecular weight is 326 g/mol. The van der Waals surface area contributed by atoms with Crippen molar-refractivity contribution in [1.29, 1.82) is 0 Å². The van der Waals surface area contributed by atoms with Gasteiger partial charge in [0.25, 0.3) is 0 Å². The Morgan fingerprint density at radius 3 is 2.71 bits per heavy atom. The van der Waals surface area contributed by atoms with Crippen molar-refractivity contribution in [3.8, 4) is 0 Å². The van der Waals surface area contributed by atoms with E-state index in [1.807, 2.05) is 13.0 Å². The van der Waals surface area contributed by atoms with Gasteiger partial charge in [-0.25, -0.2) is 9.18 Å². The molecule has 0 aromatic heterocycles. The van der Waals surface area contributed by atoms with Crippen LogP contribution in [0.5, 0.6) is 0 Å². The molecule has 3 rings (SSSR count). The van der Waals surface area contributed by atoms with Crippen molar-refractivity contribution < 1.29 is 18.7 Å². The van der Waals surface area contributed by atoms with Crippen LogP contribution in [0.3, 0.4) is 0 Å². The maximum Gasteiger partial charge on any atom is 0.337 e. The van der Waals surface area contributed by atoms with E-state index in [4.69, 9.17) is 4.74 Å². The Morgan fingerprint density at radius 1 is 1.21 bits per heavy atom. The molecule has 1 aliphatic rings. The van der Waals surface area contributed by atoms with Crippen LogP contribution >= 0.6 is 0 Å². The molecule has 0 bridgehead atoms. The van der Waals surface area contributed by atoms with Crippen molar-refractivity contribution in [2.75, 3.05) is 7.11 Å². The molecule has 0 spiro atoms. The lowest BCUT2D eigenvalue weighted by Gasteiger charge is -2.15. The summed E-state index contributed by atoms with van der Waals surface area (Å²) in [4.78, 5) is 24.6. The highest BCUT2D eigenvalue weighted by Crippen LogP contribution is 2.33. The number of carbonyl (C=O) groups excluding carboxylic acids is 2. The predicted molar refractivity (Wildman–Crippen MR) is 88.9 cm³/mol. The largest absolute Gasteiger partial charge is 0.465 e. The lowest BCUT2D eigenvalue weighted by Crippen LogP contribution is -2.14. The number of Topliss-reactive ketones (excluding diaryl/α,β-unsaturated/α-hetero) is 1. The van der Waals surface area contributed by atoms with E-state index in [1.54, 1.807) is 24.3 Å². The topological polar surface area (TPSA) is 43.4 Å². The zero-order chi connectivity index (χ0) is 17.3. The van der Waals surface area contributed by atoms with E-state index in [9.17, 15) is 14.0 Å². The molecular weight excluding hydrogens is 307 g/mol. The summed E-state index contributed by atoms with van der Waals surface area (Å²) in [5, 5.41) is 0. The van der Waals surface area contributed by atoms with Crippen molar-refractivity contribution in [2.45, 2.75) is 32.1 Å². The third-order valence-electron chi connectivity index (χ3n) is 4.58. The number of aryl methyl sites for hydroxylation is 2. The van der Waals surface area contributed by atoms with Gasteiger partial charge in [0.2, 0.25) is 0 Å². The van der Waals surface area contributed by atoms with E-state index in [2.05, 4.69) is 0 Å². The minimum absolute atomic E-state index is 0.0818. The molecule has 0 heterocycles. The third-order valence-corrected chi connectivity index (χ3v) is 4.58. The first-order valence-electron chi connectivity index (χ1n) is 8.02. The first-order chi connectivity index (χ1) is 11.5. The Morgan fingerprint density at radius 2 is 2.00 bits per heavy atom. The van der Waals surface area contributed by atoms with Gasteiger partial charge in [0.15, 0.2) is 5.78 Å². The van der Waals surface area contributed by atoms with Crippen LogP contribution in [0.1, 0.15) is 56.2 Å². The molecule has 0 N–H and O–H groups in total. The normalized spacial score (nSPS) is 17.1. The van der Waals surface area contributed by atoms with E-state index < -0.39 is 11.9 Å². The fourth-order valence-electron chi connectivity index (χ4n) is 3.31. The van der Waals surface area contributed by atoms with Crippen molar-refractivity contribution in [3.05, 3.63) is 70.0 Å². The summed E-state index contributed by atoms with van der Waals surface area (Å²) in [6.07, 6.45) is 2.05. The molecule has 1 atom stereocenters. The van der Waals surface area contributed by atoms with Gasteiger partial charge < -0.3 is 4.74 Å². The number of esters is 1. The van der Waals surface area contributed by atoms with Crippen molar-refractivity contribution in [3.63, 3.8) is 0 Å². The maximum absolute atomic E-state index is 14.3. The Labute approximate surface area is 140 Å². The first kappa shape index (κ1) is 16.4. The van der Waals surface area contributed by atoms with Gasteiger partial charge in [0.05, 0.1) is 18.6 Å². The SMILES string of the molecule is COC(=O)c1ccc2c(c1)CCCC(c1ccc(C)cc1F)C2=O. The number of ether oxygens (including phenoxy) is 1. The fourth-order valence-corrected chi connectivity index (χ4v) is 3.31. The summed E-state index contributed by atoms with van der Waals surface area (Å²) in [5.41, 5.74) is 3.13. The maximum atomic E-state index is 14.3. The van der Waals surface area contributed by atoms with Crippen molar-refractivity contribution >= 4 is 11.8 Å². The highest BCUT2D eigenvalue weighted by molar-refractivity contribution is 6.03. The molecule has 2 aromatic carbocycles. The van der Waals surface area contributed by atoms with E-state index in [0.717, 1.165) is 17.5 Å². The minimum Gasteiger partial charge on any atom is -0.465 e. The zero-order valence-corrected chi connectivity index (χ0v) is 13.8. The van der Waals surface area contributed by atoms with Crippen LogP contribution in [0.2, 0.25) is 0 Å². The summed E-state index contributed by atoms with van der Waals surface area (Å²) in [6, 6.07) is 9.98. The third kappa shape index (κ3) is 2.96. The van der Waals surface area contributed by atoms with Crippen LogP contribution in [0.25, 0.3) is 0 Å². The molecule has 0 saturated heterocycles. The number of methoxy groups -OCH3 is 1. The van der Waals surface area contributed by atoms with Gasteiger partial charge in [-0.15, -0.1) is 0 Å². The van der Waals surface area contributed by atoms with Gasteiger partial charge >= 0.3 is 5.97 Å². The van der Waals surface area contributed by atoms with E-state index in [0.29, 0.717) is 29.5 Å². The van der Waals surface area contributed by atoms with Gasteiger partial charge in [0.1, 0.15) is 5.82 Å². The first-order valence-corrected chi connectivity index (χ1v) is 8.02. The molecule has 124 valence electrons. The number of ketones is 1. The standard InChI is InChI=1S/C20H19FO3/c1-12-6-8-16(18(21)10-12)17-5-3-4-13-11-14(20(23)24-2)7-9-15(13)19(17)22/h6-11,17H,3-5H2,1-2H3. The molecule has 0 fully saturated rings. The molecule has 0 radical (unpaired) electrons. The monoisotopic (exact) mass is 326 g/mol. The molecule has 3 nitrogen and oxygen atoms in total. The quantitative estimate of drug-likeness (QED) is 0.613. The highest BCUT2D eigenvalue weighted by atomic mass is 19.1. The van der Waals surface area contributed by atoms with Crippen molar-refractivity contribution in [2.24, 2.45) is 0 Å². The van der Waals surface area contributed by atoms with Gasteiger partial charge in [-0.05, 0) is 61.1 Å². The highest BCUT2D eigenvalue weighted by Gasteiger charge is 2.29.